The highest BCUT2D eigenvalue weighted by Crippen LogP contribution is 2.26. The van der Waals surface area contributed by atoms with Gasteiger partial charge in [-0.25, -0.2) is 8.42 Å². The number of rotatable bonds is 10. The summed E-state index contributed by atoms with van der Waals surface area (Å²) in [5.74, 6) is 0.0847. The first kappa shape index (κ1) is 22.2. The smallest absolute Gasteiger partial charge is 0.273 e. The standard InChI is InChI=1S/C19H20N4O4S2/c1-22(29(25,26)19-5-2-14-28-19)16-6-8-17(9-7-16)27-15-18(24)23(12-3-10-20)13-4-11-21/h2,5-9,14H,3-4,12-13,15H2,1H3. The molecule has 1 heterocycles. The van der Waals surface area contributed by atoms with Crippen molar-refractivity contribution in [2.45, 2.75) is 17.1 Å². The fourth-order valence-corrected chi connectivity index (χ4v) is 4.76. The lowest BCUT2D eigenvalue weighted by Crippen LogP contribution is -2.36. The Morgan fingerprint density at radius 2 is 1.72 bits per heavy atom. The van der Waals surface area contributed by atoms with Crippen LogP contribution in [0.15, 0.2) is 46.0 Å². The van der Waals surface area contributed by atoms with Gasteiger partial charge in [-0.3, -0.25) is 9.10 Å². The third-order valence-electron chi connectivity index (χ3n) is 4.01. The number of amides is 1. The number of thiophene rings is 1. The van der Waals surface area contributed by atoms with Crippen LogP contribution in [0, 0.1) is 22.7 Å². The molecule has 0 spiro atoms. The largest absolute Gasteiger partial charge is 0.484 e. The number of ether oxygens (including phenoxy) is 1. The molecule has 0 saturated carbocycles. The van der Waals surface area contributed by atoms with E-state index in [1.54, 1.807) is 41.8 Å². The molecule has 0 fully saturated rings. The van der Waals surface area contributed by atoms with E-state index < -0.39 is 10.0 Å². The molecule has 10 heteroatoms. The van der Waals surface area contributed by atoms with Gasteiger partial charge in [0, 0.05) is 20.1 Å². The molecule has 0 N–H and O–H groups in total. The van der Waals surface area contributed by atoms with Crippen LogP contribution in [0.4, 0.5) is 5.69 Å². The summed E-state index contributed by atoms with van der Waals surface area (Å²) in [4.78, 5) is 13.7. The zero-order valence-electron chi connectivity index (χ0n) is 15.8. The molecule has 8 nitrogen and oxygen atoms in total. The van der Waals surface area contributed by atoms with Gasteiger partial charge in [0.15, 0.2) is 6.61 Å². The summed E-state index contributed by atoms with van der Waals surface area (Å²) in [6, 6.07) is 13.5. The Labute approximate surface area is 174 Å². The van der Waals surface area contributed by atoms with Crippen molar-refractivity contribution in [1.82, 2.24) is 4.90 Å². The molecule has 152 valence electrons. The topological polar surface area (TPSA) is 114 Å². The number of anilines is 1. The molecule has 0 aliphatic heterocycles. The van der Waals surface area contributed by atoms with Crippen molar-refractivity contribution < 1.29 is 17.9 Å². The molecular weight excluding hydrogens is 412 g/mol. The van der Waals surface area contributed by atoms with Gasteiger partial charge >= 0.3 is 0 Å². The first-order chi connectivity index (χ1) is 13.9. The minimum absolute atomic E-state index is 0.177. The zero-order valence-corrected chi connectivity index (χ0v) is 17.4. The Bertz CT molecular complexity index is 972. The highest BCUT2D eigenvalue weighted by atomic mass is 32.2. The molecule has 1 aromatic heterocycles. The van der Waals surface area contributed by atoms with Gasteiger partial charge in [-0.2, -0.15) is 10.5 Å². The van der Waals surface area contributed by atoms with Crippen LogP contribution in [-0.4, -0.2) is 46.0 Å². The van der Waals surface area contributed by atoms with Gasteiger partial charge in [0.2, 0.25) is 0 Å². The number of sulfonamides is 1. The number of hydrogen-bond acceptors (Lipinski definition) is 7. The van der Waals surface area contributed by atoms with Gasteiger partial charge in [-0.05, 0) is 35.7 Å². The lowest BCUT2D eigenvalue weighted by Gasteiger charge is -2.21. The average Bonchev–Trinajstić information content (AvgIpc) is 3.28. The highest BCUT2D eigenvalue weighted by molar-refractivity contribution is 7.94. The van der Waals surface area contributed by atoms with E-state index in [9.17, 15) is 13.2 Å². The van der Waals surface area contributed by atoms with Crippen LogP contribution in [0.2, 0.25) is 0 Å². The normalized spacial score (nSPS) is 10.6. The Morgan fingerprint density at radius 3 is 2.24 bits per heavy atom. The predicted octanol–water partition coefficient (Wildman–Crippen LogP) is 2.61. The maximum atomic E-state index is 12.6. The number of nitrogens with zero attached hydrogens (tertiary/aromatic N) is 4. The Hall–Kier alpha value is -3.08. The second kappa shape index (κ2) is 10.5. The van der Waals surface area contributed by atoms with Crippen molar-refractivity contribution >= 4 is 33.0 Å². The minimum Gasteiger partial charge on any atom is -0.484 e. The van der Waals surface area contributed by atoms with Crippen molar-refractivity contribution in [3.63, 3.8) is 0 Å². The molecule has 1 aromatic carbocycles. The van der Waals surface area contributed by atoms with Gasteiger partial charge in [0.05, 0.1) is 30.7 Å². The van der Waals surface area contributed by atoms with E-state index in [0.29, 0.717) is 11.4 Å². The number of benzene rings is 1. The quantitative estimate of drug-likeness (QED) is 0.570. The molecule has 0 aliphatic carbocycles. The van der Waals surface area contributed by atoms with Crippen LogP contribution in [0.5, 0.6) is 5.75 Å². The first-order valence-electron chi connectivity index (χ1n) is 8.67. The van der Waals surface area contributed by atoms with Crippen molar-refractivity contribution in [1.29, 1.82) is 10.5 Å². The van der Waals surface area contributed by atoms with Crippen LogP contribution in [0.1, 0.15) is 12.8 Å². The summed E-state index contributed by atoms with van der Waals surface area (Å²) in [5, 5.41) is 19.1. The summed E-state index contributed by atoms with van der Waals surface area (Å²) in [7, 11) is -2.15. The lowest BCUT2D eigenvalue weighted by molar-refractivity contribution is -0.133. The third-order valence-corrected chi connectivity index (χ3v) is 7.17. The maximum Gasteiger partial charge on any atom is 0.273 e. The van der Waals surface area contributed by atoms with Crippen LogP contribution in [0.25, 0.3) is 0 Å². The fourth-order valence-electron chi connectivity index (χ4n) is 2.40. The lowest BCUT2D eigenvalue weighted by atomic mass is 10.3. The van der Waals surface area contributed by atoms with E-state index in [4.69, 9.17) is 15.3 Å². The van der Waals surface area contributed by atoms with Crippen LogP contribution in [-0.2, 0) is 14.8 Å². The number of nitriles is 2. The van der Waals surface area contributed by atoms with E-state index in [0.717, 1.165) is 11.3 Å². The number of hydrogen-bond donors (Lipinski definition) is 0. The molecule has 1 amide bonds. The van der Waals surface area contributed by atoms with Crippen LogP contribution < -0.4 is 9.04 Å². The monoisotopic (exact) mass is 432 g/mol. The van der Waals surface area contributed by atoms with E-state index >= 15 is 0 Å². The second-order valence-electron chi connectivity index (χ2n) is 5.88. The van der Waals surface area contributed by atoms with Gasteiger partial charge in [-0.1, -0.05) is 6.07 Å². The van der Waals surface area contributed by atoms with E-state index in [1.807, 2.05) is 12.1 Å². The predicted molar refractivity (Wildman–Crippen MR) is 109 cm³/mol. The molecule has 0 aliphatic rings. The Kier molecular flexibility index (Phi) is 8.01. The zero-order chi connectivity index (χ0) is 21.3. The minimum atomic E-state index is -3.62. The van der Waals surface area contributed by atoms with Gasteiger partial charge in [-0.15, -0.1) is 11.3 Å². The van der Waals surface area contributed by atoms with E-state index in [2.05, 4.69) is 0 Å². The SMILES string of the molecule is CN(c1ccc(OCC(=O)N(CCC#N)CCC#N)cc1)S(=O)(=O)c1cccs1. The van der Waals surface area contributed by atoms with E-state index in [-0.39, 0.29) is 42.7 Å². The average molecular weight is 433 g/mol. The molecule has 0 radical (unpaired) electrons. The third kappa shape index (κ3) is 5.95. The Morgan fingerprint density at radius 1 is 1.10 bits per heavy atom. The molecule has 2 rings (SSSR count). The first-order valence-corrected chi connectivity index (χ1v) is 11.0. The summed E-state index contributed by atoms with van der Waals surface area (Å²) in [5.41, 5.74) is 0.460. The molecule has 0 unspecified atom stereocenters. The number of carbonyl (C=O) groups is 1. The van der Waals surface area contributed by atoms with Gasteiger partial charge in [0.25, 0.3) is 15.9 Å². The Balaban J connectivity index is 1.99. The molecule has 2 aromatic rings. The van der Waals surface area contributed by atoms with Crippen molar-refractivity contribution in [3.8, 4) is 17.9 Å². The summed E-state index contributed by atoms with van der Waals surface area (Å²) in [6.45, 7) is 0.245. The maximum absolute atomic E-state index is 12.6. The number of carbonyl (C=O) groups excluding carboxylic acids is 1. The van der Waals surface area contributed by atoms with Crippen molar-refractivity contribution in [2.24, 2.45) is 0 Å². The van der Waals surface area contributed by atoms with Crippen molar-refractivity contribution in [3.05, 3.63) is 41.8 Å². The fraction of sp³-hybridized carbons (Fsp3) is 0.316. The van der Waals surface area contributed by atoms with Gasteiger partial charge in [0.1, 0.15) is 9.96 Å². The molecule has 29 heavy (non-hydrogen) atoms. The summed E-state index contributed by atoms with van der Waals surface area (Å²) < 4.78 is 32.0. The van der Waals surface area contributed by atoms with Gasteiger partial charge < -0.3 is 9.64 Å². The molecular formula is C19H20N4O4S2. The van der Waals surface area contributed by atoms with Crippen LogP contribution in [0.3, 0.4) is 0 Å². The van der Waals surface area contributed by atoms with Crippen molar-refractivity contribution in [2.75, 3.05) is 31.0 Å². The summed E-state index contributed by atoms with van der Waals surface area (Å²) >= 11 is 1.14. The molecule has 0 saturated heterocycles. The summed E-state index contributed by atoms with van der Waals surface area (Å²) in [6.07, 6.45) is 0.355. The van der Waals surface area contributed by atoms with Crippen LogP contribution >= 0.6 is 11.3 Å². The molecule has 0 atom stereocenters. The van der Waals surface area contributed by atoms with E-state index in [1.165, 1.54) is 16.3 Å². The second-order valence-corrected chi connectivity index (χ2v) is 9.03. The molecule has 0 bridgehead atoms. The highest BCUT2D eigenvalue weighted by Gasteiger charge is 2.22.